The average Bonchev–Trinajstić information content (AvgIpc) is 3.09. The van der Waals surface area contributed by atoms with E-state index in [2.05, 4.69) is 20.7 Å². The molecule has 1 N–H and O–H groups in total. The van der Waals surface area contributed by atoms with Gasteiger partial charge in [0.1, 0.15) is 12.3 Å². The third kappa shape index (κ3) is 3.95. The normalized spacial score (nSPS) is 10.4. The molecule has 7 nitrogen and oxygen atoms in total. The fourth-order valence-corrected chi connectivity index (χ4v) is 2.15. The Bertz CT molecular complexity index is 799. The van der Waals surface area contributed by atoms with E-state index in [9.17, 15) is 4.79 Å². The Kier molecular flexibility index (Phi) is 4.81. The monoisotopic (exact) mass is 323 g/mol. The van der Waals surface area contributed by atoms with Crippen LogP contribution < -0.4 is 10.1 Å². The summed E-state index contributed by atoms with van der Waals surface area (Å²) in [5.41, 5.74) is 1.85. The predicted octanol–water partition coefficient (Wildman–Crippen LogP) is 1.67. The number of benzene rings is 2. The fraction of sp³-hybridized carbons (Fsp3) is 0.176. The molecule has 0 unspecified atom stereocenters. The molecule has 0 spiro atoms. The van der Waals surface area contributed by atoms with Crippen molar-refractivity contribution < 1.29 is 9.53 Å². The van der Waals surface area contributed by atoms with E-state index in [4.69, 9.17) is 4.74 Å². The van der Waals surface area contributed by atoms with E-state index >= 15 is 0 Å². The molecule has 3 rings (SSSR count). The molecule has 0 atom stereocenters. The minimum absolute atomic E-state index is 0.0238. The highest BCUT2D eigenvalue weighted by Gasteiger charge is 2.09. The van der Waals surface area contributed by atoms with Gasteiger partial charge in [0.25, 0.3) is 0 Å². The van der Waals surface area contributed by atoms with Crippen molar-refractivity contribution in [3.63, 3.8) is 0 Å². The van der Waals surface area contributed by atoms with Crippen LogP contribution in [0, 0.1) is 0 Å². The van der Waals surface area contributed by atoms with Gasteiger partial charge in [-0.05, 0) is 35.0 Å². The molecule has 24 heavy (non-hydrogen) atoms. The van der Waals surface area contributed by atoms with Crippen LogP contribution in [0.1, 0.15) is 5.56 Å². The molecule has 0 saturated carbocycles. The van der Waals surface area contributed by atoms with E-state index in [1.807, 2.05) is 54.6 Å². The SMILES string of the molecule is COc1ccc(-c2nnn(CC(=O)NCc3ccccc3)n2)cc1. The summed E-state index contributed by atoms with van der Waals surface area (Å²) < 4.78 is 5.11. The van der Waals surface area contributed by atoms with Gasteiger partial charge in [0.2, 0.25) is 11.7 Å². The maximum Gasteiger partial charge on any atom is 0.243 e. The molecule has 0 fully saturated rings. The van der Waals surface area contributed by atoms with Gasteiger partial charge in [-0.25, -0.2) is 0 Å². The maximum atomic E-state index is 12.0. The highest BCUT2D eigenvalue weighted by Crippen LogP contribution is 2.18. The third-order valence-electron chi connectivity index (χ3n) is 3.42. The summed E-state index contributed by atoms with van der Waals surface area (Å²) in [5, 5.41) is 14.9. The molecule has 1 aromatic heterocycles. The van der Waals surface area contributed by atoms with Crippen LogP contribution >= 0.6 is 0 Å². The van der Waals surface area contributed by atoms with E-state index in [1.54, 1.807) is 7.11 Å². The number of rotatable bonds is 6. The molecule has 0 radical (unpaired) electrons. The van der Waals surface area contributed by atoms with E-state index in [0.717, 1.165) is 16.9 Å². The van der Waals surface area contributed by atoms with Crippen molar-refractivity contribution in [1.82, 2.24) is 25.5 Å². The zero-order valence-corrected chi connectivity index (χ0v) is 13.2. The first-order chi connectivity index (χ1) is 11.7. The quantitative estimate of drug-likeness (QED) is 0.746. The highest BCUT2D eigenvalue weighted by molar-refractivity contribution is 5.75. The first-order valence-electron chi connectivity index (χ1n) is 7.47. The van der Waals surface area contributed by atoms with Crippen LogP contribution in [0.5, 0.6) is 5.75 Å². The Morgan fingerprint density at radius 1 is 1.12 bits per heavy atom. The molecule has 0 aliphatic rings. The lowest BCUT2D eigenvalue weighted by Crippen LogP contribution is -2.28. The molecule has 0 saturated heterocycles. The Morgan fingerprint density at radius 2 is 1.88 bits per heavy atom. The van der Waals surface area contributed by atoms with Crippen molar-refractivity contribution in [2.24, 2.45) is 0 Å². The summed E-state index contributed by atoms with van der Waals surface area (Å²) in [5.74, 6) is 1.05. The Morgan fingerprint density at radius 3 is 2.58 bits per heavy atom. The second-order valence-corrected chi connectivity index (χ2v) is 5.13. The van der Waals surface area contributed by atoms with Gasteiger partial charge in [-0.1, -0.05) is 30.3 Å². The number of hydrogen-bond donors (Lipinski definition) is 1. The van der Waals surface area contributed by atoms with Crippen molar-refractivity contribution in [1.29, 1.82) is 0 Å². The lowest BCUT2D eigenvalue weighted by molar-refractivity contribution is -0.122. The van der Waals surface area contributed by atoms with Gasteiger partial charge in [-0.3, -0.25) is 4.79 Å². The second-order valence-electron chi connectivity index (χ2n) is 5.13. The molecule has 0 aliphatic heterocycles. The molecule has 122 valence electrons. The first kappa shape index (κ1) is 15.7. The van der Waals surface area contributed by atoms with Crippen molar-refractivity contribution in [2.75, 3.05) is 7.11 Å². The van der Waals surface area contributed by atoms with Crippen molar-refractivity contribution in [2.45, 2.75) is 13.1 Å². The smallest absolute Gasteiger partial charge is 0.243 e. The molecule has 2 aromatic carbocycles. The molecule has 7 heteroatoms. The Hall–Kier alpha value is -3.22. The standard InChI is InChI=1S/C17H17N5O2/c1-24-15-9-7-14(8-10-15)17-19-21-22(20-17)12-16(23)18-11-13-5-3-2-4-6-13/h2-10H,11-12H2,1H3,(H,18,23). The molecule has 0 aliphatic carbocycles. The number of carbonyl (C=O) groups excluding carboxylic acids is 1. The average molecular weight is 323 g/mol. The van der Waals surface area contributed by atoms with E-state index in [-0.39, 0.29) is 12.5 Å². The number of amides is 1. The molecular formula is C17H17N5O2. The number of aromatic nitrogens is 4. The number of nitrogens with zero attached hydrogens (tertiary/aromatic N) is 4. The number of carbonyl (C=O) groups is 1. The summed E-state index contributed by atoms with van der Waals surface area (Å²) in [7, 11) is 1.61. The summed E-state index contributed by atoms with van der Waals surface area (Å²) in [4.78, 5) is 13.2. The van der Waals surface area contributed by atoms with Gasteiger partial charge >= 0.3 is 0 Å². The van der Waals surface area contributed by atoms with Crippen LogP contribution in [0.25, 0.3) is 11.4 Å². The number of tetrazole rings is 1. The maximum absolute atomic E-state index is 12.0. The fourth-order valence-electron chi connectivity index (χ4n) is 2.15. The third-order valence-corrected chi connectivity index (χ3v) is 3.42. The summed E-state index contributed by atoms with van der Waals surface area (Å²) in [6.45, 7) is 0.496. The summed E-state index contributed by atoms with van der Waals surface area (Å²) >= 11 is 0. The molecular weight excluding hydrogens is 306 g/mol. The van der Waals surface area contributed by atoms with Crippen LogP contribution in [0.15, 0.2) is 54.6 Å². The van der Waals surface area contributed by atoms with Crippen molar-refractivity contribution in [3.05, 3.63) is 60.2 Å². The lowest BCUT2D eigenvalue weighted by Gasteiger charge is -2.04. The minimum atomic E-state index is -0.169. The summed E-state index contributed by atoms with van der Waals surface area (Å²) in [6, 6.07) is 17.0. The lowest BCUT2D eigenvalue weighted by atomic mass is 10.2. The van der Waals surface area contributed by atoms with Crippen LogP contribution in [-0.2, 0) is 17.9 Å². The van der Waals surface area contributed by atoms with Gasteiger partial charge in [0, 0.05) is 12.1 Å². The number of ether oxygens (including phenoxy) is 1. The summed E-state index contributed by atoms with van der Waals surface area (Å²) in [6.07, 6.45) is 0. The van der Waals surface area contributed by atoms with Crippen LogP contribution in [0.4, 0.5) is 0 Å². The zero-order valence-electron chi connectivity index (χ0n) is 13.2. The predicted molar refractivity (Wildman–Crippen MR) is 88.1 cm³/mol. The number of methoxy groups -OCH3 is 1. The van der Waals surface area contributed by atoms with Gasteiger partial charge < -0.3 is 10.1 Å². The minimum Gasteiger partial charge on any atom is -0.497 e. The van der Waals surface area contributed by atoms with Gasteiger partial charge in [-0.15, -0.1) is 10.2 Å². The van der Waals surface area contributed by atoms with Crippen LogP contribution in [-0.4, -0.2) is 33.2 Å². The van der Waals surface area contributed by atoms with Gasteiger partial charge in [-0.2, -0.15) is 4.80 Å². The second kappa shape index (κ2) is 7.36. The largest absolute Gasteiger partial charge is 0.497 e. The molecule has 1 heterocycles. The van der Waals surface area contributed by atoms with Gasteiger partial charge in [0.15, 0.2) is 0 Å². The van der Waals surface area contributed by atoms with E-state index < -0.39 is 0 Å². The first-order valence-corrected chi connectivity index (χ1v) is 7.47. The van der Waals surface area contributed by atoms with E-state index in [0.29, 0.717) is 12.4 Å². The molecule has 0 bridgehead atoms. The Balaban J connectivity index is 1.58. The topological polar surface area (TPSA) is 81.9 Å². The van der Waals surface area contributed by atoms with Crippen LogP contribution in [0.2, 0.25) is 0 Å². The van der Waals surface area contributed by atoms with Gasteiger partial charge in [0.05, 0.1) is 7.11 Å². The highest BCUT2D eigenvalue weighted by atomic mass is 16.5. The van der Waals surface area contributed by atoms with Crippen molar-refractivity contribution >= 4 is 5.91 Å². The van der Waals surface area contributed by atoms with Crippen LogP contribution in [0.3, 0.4) is 0 Å². The van der Waals surface area contributed by atoms with Crippen molar-refractivity contribution in [3.8, 4) is 17.1 Å². The number of nitrogens with one attached hydrogen (secondary N) is 1. The Labute approximate surface area is 139 Å². The van der Waals surface area contributed by atoms with E-state index in [1.165, 1.54) is 4.80 Å². The number of hydrogen-bond acceptors (Lipinski definition) is 5. The molecule has 3 aromatic rings. The molecule has 1 amide bonds. The zero-order chi connectivity index (χ0) is 16.8.